The van der Waals surface area contributed by atoms with E-state index in [-0.39, 0.29) is 11.9 Å². The molecule has 0 aliphatic carbocycles. The Morgan fingerprint density at radius 2 is 2.44 bits per heavy atom. The molecule has 18 heavy (non-hydrogen) atoms. The Labute approximate surface area is 107 Å². The molecule has 0 bridgehead atoms. The highest BCUT2D eigenvalue weighted by atomic mass is 16.5. The number of nitrogens with zero attached hydrogens (tertiary/aromatic N) is 2. The van der Waals surface area contributed by atoms with E-state index in [0.29, 0.717) is 11.6 Å². The normalized spacial score (nSPS) is 19.7. The van der Waals surface area contributed by atoms with Crippen molar-refractivity contribution >= 4 is 5.91 Å². The van der Waals surface area contributed by atoms with Crippen molar-refractivity contribution in [1.29, 1.82) is 0 Å². The average molecular weight is 249 g/mol. The molecule has 2 rings (SSSR count). The number of methoxy groups -OCH3 is 1. The lowest BCUT2D eigenvalue weighted by Gasteiger charge is -2.35. The molecule has 0 radical (unpaired) electrons. The second kappa shape index (κ2) is 5.82. The lowest BCUT2D eigenvalue weighted by Crippen LogP contribution is -2.53. The molecule has 1 aliphatic rings. The third-order valence-electron chi connectivity index (χ3n) is 3.23. The van der Waals surface area contributed by atoms with Gasteiger partial charge in [-0.05, 0) is 12.5 Å². The highest BCUT2D eigenvalue weighted by Gasteiger charge is 2.26. The van der Waals surface area contributed by atoms with E-state index >= 15 is 0 Å². The van der Waals surface area contributed by atoms with Gasteiger partial charge in [0.25, 0.3) is 5.91 Å². The van der Waals surface area contributed by atoms with Gasteiger partial charge in [0.2, 0.25) is 5.88 Å². The van der Waals surface area contributed by atoms with Crippen LogP contribution in [0.15, 0.2) is 18.2 Å². The van der Waals surface area contributed by atoms with Crippen molar-refractivity contribution in [3.63, 3.8) is 0 Å². The second-order valence-electron chi connectivity index (χ2n) is 4.33. The number of rotatable bonds is 3. The molecular weight excluding hydrogens is 230 g/mol. The fourth-order valence-electron chi connectivity index (χ4n) is 2.19. The summed E-state index contributed by atoms with van der Waals surface area (Å²) < 4.78 is 5.05. The summed E-state index contributed by atoms with van der Waals surface area (Å²) in [5, 5.41) is 3.31. The van der Waals surface area contributed by atoms with Crippen molar-refractivity contribution < 1.29 is 9.53 Å². The molecule has 1 fully saturated rings. The van der Waals surface area contributed by atoms with Crippen LogP contribution in [-0.2, 0) is 0 Å². The number of ether oxygens (including phenoxy) is 1. The lowest BCUT2D eigenvalue weighted by atomic mass is 10.1. The molecule has 1 aliphatic heterocycles. The van der Waals surface area contributed by atoms with Gasteiger partial charge in [0.05, 0.1) is 7.11 Å². The maximum atomic E-state index is 12.4. The molecule has 98 valence electrons. The van der Waals surface area contributed by atoms with Crippen molar-refractivity contribution in [2.75, 3.05) is 26.7 Å². The Bertz CT molecular complexity index is 422. The van der Waals surface area contributed by atoms with Crippen LogP contribution in [-0.4, -0.2) is 48.6 Å². The number of amides is 1. The molecule has 1 aromatic heterocycles. The van der Waals surface area contributed by atoms with Gasteiger partial charge in [-0.25, -0.2) is 4.98 Å². The van der Waals surface area contributed by atoms with Crippen molar-refractivity contribution in [3.8, 4) is 5.88 Å². The number of hydrogen-bond acceptors (Lipinski definition) is 4. The van der Waals surface area contributed by atoms with Crippen molar-refractivity contribution in [1.82, 2.24) is 15.2 Å². The number of hydrogen-bond donors (Lipinski definition) is 1. The van der Waals surface area contributed by atoms with Gasteiger partial charge < -0.3 is 15.0 Å². The number of carbonyl (C=O) groups excluding carboxylic acids is 1. The Kier molecular flexibility index (Phi) is 4.15. The molecule has 5 heteroatoms. The largest absolute Gasteiger partial charge is 0.481 e. The van der Waals surface area contributed by atoms with Crippen LogP contribution >= 0.6 is 0 Å². The first-order valence-electron chi connectivity index (χ1n) is 6.29. The van der Waals surface area contributed by atoms with Gasteiger partial charge in [0.15, 0.2) is 0 Å². The third-order valence-corrected chi connectivity index (χ3v) is 3.23. The summed E-state index contributed by atoms with van der Waals surface area (Å²) >= 11 is 0. The number of pyridine rings is 1. The van der Waals surface area contributed by atoms with Crippen LogP contribution in [0.5, 0.6) is 5.88 Å². The molecule has 1 N–H and O–H groups in total. The summed E-state index contributed by atoms with van der Waals surface area (Å²) in [5.74, 6) is 0.464. The highest BCUT2D eigenvalue weighted by Crippen LogP contribution is 2.13. The van der Waals surface area contributed by atoms with Crippen LogP contribution in [0.4, 0.5) is 0 Å². The SMILES string of the molecule is CC[C@@H]1CNCCN1C(=O)c1cccc(OC)n1. The van der Waals surface area contributed by atoms with Crippen molar-refractivity contribution in [2.45, 2.75) is 19.4 Å². The summed E-state index contributed by atoms with van der Waals surface area (Å²) in [6, 6.07) is 5.52. The number of aromatic nitrogens is 1. The fraction of sp³-hybridized carbons (Fsp3) is 0.538. The van der Waals surface area contributed by atoms with E-state index in [9.17, 15) is 4.79 Å². The van der Waals surface area contributed by atoms with E-state index in [1.165, 1.54) is 0 Å². The molecule has 0 aromatic carbocycles. The maximum Gasteiger partial charge on any atom is 0.272 e. The zero-order valence-corrected chi connectivity index (χ0v) is 10.8. The molecule has 5 nitrogen and oxygen atoms in total. The van der Waals surface area contributed by atoms with Crippen LogP contribution in [0.1, 0.15) is 23.8 Å². The summed E-state index contributed by atoms with van der Waals surface area (Å²) in [4.78, 5) is 18.5. The van der Waals surface area contributed by atoms with E-state index in [1.807, 2.05) is 4.90 Å². The van der Waals surface area contributed by atoms with E-state index in [1.54, 1.807) is 25.3 Å². The van der Waals surface area contributed by atoms with E-state index < -0.39 is 0 Å². The van der Waals surface area contributed by atoms with Gasteiger partial charge in [-0.15, -0.1) is 0 Å². The van der Waals surface area contributed by atoms with Crippen molar-refractivity contribution in [2.24, 2.45) is 0 Å². The van der Waals surface area contributed by atoms with E-state index in [0.717, 1.165) is 26.1 Å². The van der Waals surface area contributed by atoms with Crippen LogP contribution in [0.3, 0.4) is 0 Å². The van der Waals surface area contributed by atoms with Gasteiger partial charge in [0, 0.05) is 31.7 Å². The maximum absolute atomic E-state index is 12.4. The van der Waals surface area contributed by atoms with Crippen LogP contribution in [0, 0.1) is 0 Å². The Balaban J connectivity index is 2.18. The molecule has 1 saturated heterocycles. The minimum Gasteiger partial charge on any atom is -0.481 e. The Morgan fingerprint density at radius 1 is 1.61 bits per heavy atom. The summed E-state index contributed by atoms with van der Waals surface area (Å²) in [6.07, 6.45) is 0.947. The first-order valence-corrected chi connectivity index (χ1v) is 6.29. The molecule has 0 unspecified atom stereocenters. The van der Waals surface area contributed by atoms with Gasteiger partial charge in [-0.3, -0.25) is 4.79 Å². The van der Waals surface area contributed by atoms with Gasteiger partial charge >= 0.3 is 0 Å². The van der Waals surface area contributed by atoms with Crippen LogP contribution < -0.4 is 10.1 Å². The molecule has 1 amide bonds. The second-order valence-corrected chi connectivity index (χ2v) is 4.33. The highest BCUT2D eigenvalue weighted by molar-refractivity contribution is 5.92. The quantitative estimate of drug-likeness (QED) is 0.865. The molecule has 1 atom stereocenters. The minimum atomic E-state index is -0.0118. The lowest BCUT2D eigenvalue weighted by molar-refractivity contribution is 0.0624. The predicted molar refractivity (Wildman–Crippen MR) is 68.8 cm³/mol. The predicted octanol–water partition coefficient (Wildman–Crippen LogP) is 0.914. The fourth-order valence-corrected chi connectivity index (χ4v) is 2.19. The van der Waals surface area contributed by atoms with E-state index in [2.05, 4.69) is 17.2 Å². The van der Waals surface area contributed by atoms with Gasteiger partial charge in [-0.2, -0.15) is 0 Å². The topological polar surface area (TPSA) is 54.5 Å². The third kappa shape index (κ3) is 2.61. The van der Waals surface area contributed by atoms with Crippen LogP contribution in [0.25, 0.3) is 0 Å². The number of piperazine rings is 1. The number of nitrogens with one attached hydrogen (secondary N) is 1. The molecular formula is C13H19N3O2. The van der Waals surface area contributed by atoms with Crippen molar-refractivity contribution in [3.05, 3.63) is 23.9 Å². The van der Waals surface area contributed by atoms with Gasteiger partial charge in [-0.1, -0.05) is 13.0 Å². The average Bonchev–Trinajstić information content (AvgIpc) is 2.46. The Morgan fingerprint density at radius 3 is 3.17 bits per heavy atom. The number of carbonyl (C=O) groups is 1. The zero-order valence-electron chi connectivity index (χ0n) is 10.8. The smallest absolute Gasteiger partial charge is 0.272 e. The van der Waals surface area contributed by atoms with Crippen LogP contribution in [0.2, 0.25) is 0 Å². The standard InChI is InChI=1S/C13H19N3O2/c1-3-10-9-14-7-8-16(10)13(17)11-5-4-6-12(15-11)18-2/h4-6,10,14H,3,7-9H2,1-2H3/t10-/m1/s1. The zero-order chi connectivity index (χ0) is 13.0. The van der Waals surface area contributed by atoms with Gasteiger partial charge in [0.1, 0.15) is 5.69 Å². The summed E-state index contributed by atoms with van der Waals surface area (Å²) in [6.45, 7) is 4.52. The molecule has 2 heterocycles. The first-order chi connectivity index (χ1) is 8.76. The van der Waals surface area contributed by atoms with E-state index in [4.69, 9.17) is 4.74 Å². The first kappa shape index (κ1) is 12.8. The minimum absolute atomic E-state index is 0.0118. The monoisotopic (exact) mass is 249 g/mol. The summed E-state index contributed by atoms with van der Waals surface area (Å²) in [5.41, 5.74) is 0.453. The Hall–Kier alpha value is -1.62. The summed E-state index contributed by atoms with van der Waals surface area (Å²) in [7, 11) is 1.55. The molecule has 1 aromatic rings. The molecule has 0 spiro atoms. The molecule has 0 saturated carbocycles.